The first kappa shape index (κ1) is 9.85. The summed E-state index contributed by atoms with van der Waals surface area (Å²) in [6, 6.07) is 4.71. The molecule has 4 N–H and O–H groups in total. The number of benzene rings is 1. The van der Waals surface area contributed by atoms with Gasteiger partial charge >= 0.3 is 0 Å². The van der Waals surface area contributed by atoms with E-state index in [-0.39, 0.29) is 11.4 Å². The molecule has 0 saturated carbocycles. The van der Waals surface area contributed by atoms with Gasteiger partial charge in [0.2, 0.25) is 0 Å². The van der Waals surface area contributed by atoms with E-state index < -0.39 is 5.82 Å². The Morgan fingerprint density at radius 2 is 2.23 bits per heavy atom. The number of rotatable bonds is 2. The van der Waals surface area contributed by atoms with Gasteiger partial charge in [-0.05, 0) is 18.4 Å². The first-order chi connectivity index (χ1) is 6.20. The number of nitrogens with zero attached hydrogens (tertiary/aromatic N) is 1. The van der Waals surface area contributed by atoms with Gasteiger partial charge in [0.15, 0.2) is 5.84 Å². The Labute approximate surface area is 80.0 Å². The highest BCUT2D eigenvalue weighted by Gasteiger charge is 2.10. The van der Waals surface area contributed by atoms with Crippen molar-refractivity contribution < 1.29 is 4.39 Å². The summed E-state index contributed by atoms with van der Waals surface area (Å²) in [4.78, 5) is 0.728. The molecular formula is C8H10FN3S. The highest BCUT2D eigenvalue weighted by atomic mass is 32.2. The van der Waals surface area contributed by atoms with Crippen LogP contribution in [0.5, 0.6) is 0 Å². The lowest BCUT2D eigenvalue weighted by molar-refractivity contribution is 0.621. The van der Waals surface area contributed by atoms with Gasteiger partial charge in [0, 0.05) is 4.90 Å². The molecule has 1 rings (SSSR count). The maximum atomic E-state index is 13.2. The molecule has 70 valence electrons. The number of hydrogen-bond donors (Lipinski definition) is 2. The number of thioether (sulfide) groups is 1. The topological polar surface area (TPSA) is 64.4 Å². The number of hydrazone groups is 1. The van der Waals surface area contributed by atoms with Crippen LogP contribution in [0.15, 0.2) is 28.2 Å². The molecule has 0 amide bonds. The summed E-state index contributed by atoms with van der Waals surface area (Å²) in [7, 11) is 0. The first-order valence-corrected chi connectivity index (χ1v) is 4.79. The summed E-state index contributed by atoms with van der Waals surface area (Å²) in [5.74, 6) is 4.60. The fraction of sp³-hybridized carbons (Fsp3) is 0.125. The maximum absolute atomic E-state index is 13.2. The Kier molecular flexibility index (Phi) is 3.13. The quantitative estimate of drug-likeness (QED) is 0.247. The normalized spacial score (nSPS) is 11.7. The van der Waals surface area contributed by atoms with Crippen LogP contribution in [0.4, 0.5) is 4.39 Å². The van der Waals surface area contributed by atoms with E-state index in [0.29, 0.717) is 0 Å². The van der Waals surface area contributed by atoms with Crippen LogP contribution in [0.3, 0.4) is 0 Å². The summed E-state index contributed by atoms with van der Waals surface area (Å²) in [5.41, 5.74) is 5.72. The molecule has 0 atom stereocenters. The third-order valence-electron chi connectivity index (χ3n) is 1.59. The molecule has 0 unspecified atom stereocenters. The predicted octanol–water partition coefficient (Wildman–Crippen LogP) is 1.13. The van der Waals surface area contributed by atoms with E-state index >= 15 is 0 Å². The predicted molar refractivity (Wildman–Crippen MR) is 53.1 cm³/mol. The Balaban J connectivity index is 3.31. The second-order valence-corrected chi connectivity index (χ2v) is 3.18. The molecule has 3 nitrogen and oxygen atoms in total. The monoisotopic (exact) mass is 199 g/mol. The Hall–Kier alpha value is -1.23. The fourth-order valence-corrected chi connectivity index (χ4v) is 1.61. The van der Waals surface area contributed by atoms with E-state index in [1.165, 1.54) is 17.8 Å². The number of amidine groups is 1. The van der Waals surface area contributed by atoms with Crippen LogP contribution in [-0.2, 0) is 0 Å². The molecule has 1 aromatic carbocycles. The minimum atomic E-state index is -0.404. The van der Waals surface area contributed by atoms with E-state index in [9.17, 15) is 4.39 Å². The third kappa shape index (κ3) is 1.92. The van der Waals surface area contributed by atoms with Crippen molar-refractivity contribution in [1.82, 2.24) is 0 Å². The van der Waals surface area contributed by atoms with Gasteiger partial charge < -0.3 is 11.6 Å². The van der Waals surface area contributed by atoms with Crippen molar-refractivity contribution in [3.63, 3.8) is 0 Å². The minimum absolute atomic E-state index is 0.0162. The van der Waals surface area contributed by atoms with Gasteiger partial charge in [-0.3, -0.25) is 0 Å². The van der Waals surface area contributed by atoms with Crippen molar-refractivity contribution in [2.75, 3.05) is 6.26 Å². The summed E-state index contributed by atoms with van der Waals surface area (Å²) in [6.07, 6.45) is 1.84. The van der Waals surface area contributed by atoms with Gasteiger partial charge in [0.05, 0.1) is 5.56 Å². The Morgan fingerprint density at radius 3 is 2.77 bits per heavy atom. The van der Waals surface area contributed by atoms with Crippen LogP contribution in [-0.4, -0.2) is 12.1 Å². The Bertz CT molecular complexity index is 338. The third-order valence-corrected chi connectivity index (χ3v) is 2.37. The fourth-order valence-electron chi connectivity index (χ4n) is 0.988. The van der Waals surface area contributed by atoms with Crippen LogP contribution in [0.2, 0.25) is 0 Å². The molecule has 0 aliphatic rings. The maximum Gasteiger partial charge on any atom is 0.154 e. The first-order valence-electron chi connectivity index (χ1n) is 3.57. The van der Waals surface area contributed by atoms with E-state index in [1.807, 2.05) is 6.26 Å². The number of hydrogen-bond acceptors (Lipinski definition) is 3. The van der Waals surface area contributed by atoms with Crippen molar-refractivity contribution >= 4 is 17.6 Å². The Morgan fingerprint density at radius 1 is 1.54 bits per heavy atom. The van der Waals surface area contributed by atoms with Gasteiger partial charge in [-0.15, -0.1) is 11.8 Å². The zero-order valence-electron chi connectivity index (χ0n) is 7.12. The molecule has 0 heterocycles. The zero-order chi connectivity index (χ0) is 9.84. The number of halogens is 1. The molecule has 0 aliphatic carbocycles. The molecule has 0 aliphatic heterocycles. The smallest absolute Gasteiger partial charge is 0.154 e. The standard InChI is InChI=1S/C8H10FN3S/c1-13-6-4-2-3-5(9)7(6)8(10)12-11/h2-4H,11H2,1H3,(H2,10,12). The van der Waals surface area contributed by atoms with Crippen LogP contribution >= 0.6 is 11.8 Å². The average molecular weight is 199 g/mol. The van der Waals surface area contributed by atoms with Crippen LogP contribution in [0.25, 0.3) is 0 Å². The van der Waals surface area contributed by atoms with E-state index in [2.05, 4.69) is 5.10 Å². The van der Waals surface area contributed by atoms with Crippen LogP contribution < -0.4 is 11.6 Å². The molecule has 0 saturated heterocycles. The number of nitrogens with two attached hydrogens (primary N) is 2. The molecule has 1 aromatic rings. The largest absolute Gasteiger partial charge is 0.382 e. The molecule has 5 heteroatoms. The highest BCUT2D eigenvalue weighted by molar-refractivity contribution is 7.98. The average Bonchev–Trinajstić information content (AvgIpc) is 2.16. The van der Waals surface area contributed by atoms with Gasteiger partial charge in [-0.25, -0.2) is 4.39 Å². The van der Waals surface area contributed by atoms with Crippen molar-refractivity contribution in [3.05, 3.63) is 29.6 Å². The molecule has 0 radical (unpaired) electrons. The van der Waals surface area contributed by atoms with E-state index in [4.69, 9.17) is 11.6 Å². The zero-order valence-corrected chi connectivity index (χ0v) is 7.94. The van der Waals surface area contributed by atoms with E-state index in [0.717, 1.165) is 4.90 Å². The molecule has 0 spiro atoms. The van der Waals surface area contributed by atoms with Crippen molar-refractivity contribution in [3.8, 4) is 0 Å². The van der Waals surface area contributed by atoms with Gasteiger partial charge in [0.25, 0.3) is 0 Å². The summed E-state index contributed by atoms with van der Waals surface area (Å²) < 4.78 is 13.2. The lowest BCUT2D eigenvalue weighted by atomic mass is 10.2. The van der Waals surface area contributed by atoms with Gasteiger partial charge in [-0.2, -0.15) is 5.10 Å². The van der Waals surface area contributed by atoms with Crippen LogP contribution in [0, 0.1) is 5.82 Å². The van der Waals surface area contributed by atoms with Crippen molar-refractivity contribution in [2.45, 2.75) is 4.90 Å². The molecule has 0 aromatic heterocycles. The summed E-state index contributed by atoms with van der Waals surface area (Å²) in [6.45, 7) is 0. The van der Waals surface area contributed by atoms with Crippen molar-refractivity contribution in [2.24, 2.45) is 16.7 Å². The minimum Gasteiger partial charge on any atom is -0.382 e. The summed E-state index contributed by atoms with van der Waals surface area (Å²) >= 11 is 1.40. The molecule has 0 fully saturated rings. The molecular weight excluding hydrogens is 189 g/mol. The lowest BCUT2D eigenvalue weighted by Gasteiger charge is -2.06. The molecule has 0 bridgehead atoms. The van der Waals surface area contributed by atoms with Gasteiger partial charge in [0.1, 0.15) is 5.82 Å². The molecule has 13 heavy (non-hydrogen) atoms. The lowest BCUT2D eigenvalue weighted by Crippen LogP contribution is -2.18. The van der Waals surface area contributed by atoms with Gasteiger partial charge in [-0.1, -0.05) is 6.07 Å². The SMILES string of the molecule is CSc1cccc(F)c1/C(N)=N/N. The van der Waals surface area contributed by atoms with E-state index in [1.54, 1.807) is 12.1 Å². The van der Waals surface area contributed by atoms with Crippen molar-refractivity contribution in [1.29, 1.82) is 0 Å². The van der Waals surface area contributed by atoms with Crippen LogP contribution in [0.1, 0.15) is 5.56 Å². The highest BCUT2D eigenvalue weighted by Crippen LogP contribution is 2.22. The summed E-state index contributed by atoms with van der Waals surface area (Å²) in [5, 5.41) is 3.27. The second kappa shape index (κ2) is 4.13. The second-order valence-electron chi connectivity index (χ2n) is 2.33.